The second-order valence-electron chi connectivity index (χ2n) is 3.69. The van der Waals surface area contributed by atoms with Crippen LogP contribution < -0.4 is 0 Å². The van der Waals surface area contributed by atoms with Gasteiger partial charge in [-0.3, -0.25) is 9.59 Å². The van der Waals surface area contributed by atoms with Gasteiger partial charge >= 0.3 is 5.97 Å². The minimum atomic E-state index is -0.987. The highest BCUT2D eigenvalue weighted by atomic mass is 32.1. The second kappa shape index (κ2) is 5.70. The molecule has 0 bridgehead atoms. The predicted octanol–water partition coefficient (Wildman–Crippen LogP) is 1.82. The first-order valence-electron chi connectivity index (χ1n) is 4.97. The lowest BCUT2D eigenvalue weighted by molar-refractivity contribution is -0.143. The summed E-state index contributed by atoms with van der Waals surface area (Å²) in [5.41, 5.74) is 0.898. The van der Waals surface area contributed by atoms with Crippen LogP contribution in [-0.4, -0.2) is 22.1 Å². The molecular formula is C12H14O3S. The van der Waals surface area contributed by atoms with Crippen molar-refractivity contribution in [1.29, 1.82) is 0 Å². The second-order valence-corrected chi connectivity index (χ2v) is 4.25. The van der Waals surface area contributed by atoms with Gasteiger partial charge in [0.05, 0.1) is 11.2 Å². The van der Waals surface area contributed by atoms with E-state index >= 15 is 0 Å². The molecule has 0 spiro atoms. The molecule has 0 aliphatic heterocycles. The van der Waals surface area contributed by atoms with Gasteiger partial charge in [-0.2, -0.15) is 12.6 Å². The van der Waals surface area contributed by atoms with Crippen molar-refractivity contribution >= 4 is 24.4 Å². The van der Waals surface area contributed by atoms with E-state index < -0.39 is 17.1 Å². The minimum absolute atomic E-state index is 0.216. The van der Waals surface area contributed by atoms with Crippen LogP contribution in [0.25, 0.3) is 0 Å². The quantitative estimate of drug-likeness (QED) is 0.769. The summed E-state index contributed by atoms with van der Waals surface area (Å²) in [7, 11) is 0. The lowest BCUT2D eigenvalue weighted by Crippen LogP contribution is -2.31. The summed E-state index contributed by atoms with van der Waals surface area (Å²) in [4.78, 5) is 22.2. The Bertz CT molecular complexity index is 375. The number of aliphatic carboxylic acids is 1. The van der Waals surface area contributed by atoms with Crippen LogP contribution >= 0.6 is 12.6 Å². The van der Waals surface area contributed by atoms with Gasteiger partial charge < -0.3 is 5.11 Å². The molecule has 3 nitrogen and oxygen atoms in total. The normalized spacial score (nSPS) is 14.1. The largest absolute Gasteiger partial charge is 0.481 e. The number of thiol groups is 1. The molecule has 16 heavy (non-hydrogen) atoms. The highest BCUT2D eigenvalue weighted by molar-refractivity contribution is 7.81. The van der Waals surface area contributed by atoms with Crippen LogP contribution in [0.5, 0.6) is 0 Å². The smallest absolute Gasteiger partial charge is 0.308 e. The first kappa shape index (κ1) is 12.8. The zero-order chi connectivity index (χ0) is 12.1. The van der Waals surface area contributed by atoms with Crippen LogP contribution in [0.2, 0.25) is 0 Å². The fourth-order valence-electron chi connectivity index (χ4n) is 1.49. The number of hydrogen-bond donors (Lipinski definition) is 2. The maximum Gasteiger partial charge on any atom is 0.308 e. The third kappa shape index (κ3) is 3.38. The molecule has 4 heteroatoms. The Labute approximate surface area is 99.9 Å². The van der Waals surface area contributed by atoms with Gasteiger partial charge in [-0.25, -0.2) is 0 Å². The summed E-state index contributed by atoms with van der Waals surface area (Å²) in [6.07, 6.45) is 0.323. The van der Waals surface area contributed by atoms with Crippen LogP contribution in [0.15, 0.2) is 30.3 Å². The standard InChI is InChI=1S/C12H14O3S/c1-8(13)11(16)10(12(14)15)7-9-5-3-2-4-6-9/h2-6,10-11,16H,7H2,1H3,(H,14,15). The topological polar surface area (TPSA) is 54.4 Å². The van der Waals surface area contributed by atoms with Gasteiger partial charge in [0, 0.05) is 0 Å². The number of carbonyl (C=O) groups excluding carboxylic acids is 1. The van der Waals surface area contributed by atoms with E-state index in [9.17, 15) is 9.59 Å². The molecule has 2 unspecified atom stereocenters. The Morgan fingerprint density at radius 1 is 1.31 bits per heavy atom. The molecule has 0 saturated heterocycles. The van der Waals surface area contributed by atoms with Gasteiger partial charge in [-0.1, -0.05) is 30.3 Å². The highest BCUT2D eigenvalue weighted by Crippen LogP contribution is 2.18. The van der Waals surface area contributed by atoms with Crippen molar-refractivity contribution in [3.63, 3.8) is 0 Å². The Morgan fingerprint density at radius 2 is 1.88 bits per heavy atom. The zero-order valence-corrected chi connectivity index (χ0v) is 9.85. The molecule has 1 aromatic rings. The van der Waals surface area contributed by atoms with Crippen molar-refractivity contribution in [2.24, 2.45) is 5.92 Å². The Balaban J connectivity index is 2.81. The van der Waals surface area contributed by atoms with E-state index in [0.29, 0.717) is 6.42 Å². The van der Waals surface area contributed by atoms with Gasteiger partial charge in [0.25, 0.3) is 0 Å². The minimum Gasteiger partial charge on any atom is -0.481 e. The van der Waals surface area contributed by atoms with Crippen molar-refractivity contribution in [2.45, 2.75) is 18.6 Å². The number of rotatable bonds is 5. The lowest BCUT2D eigenvalue weighted by Gasteiger charge is -2.16. The zero-order valence-electron chi connectivity index (χ0n) is 8.96. The number of carbonyl (C=O) groups is 2. The number of ketones is 1. The van der Waals surface area contributed by atoms with Crippen LogP contribution in [0.4, 0.5) is 0 Å². The SMILES string of the molecule is CC(=O)C(S)C(Cc1ccccc1)C(=O)O. The van der Waals surface area contributed by atoms with E-state index in [1.165, 1.54) is 6.92 Å². The average Bonchev–Trinajstić information content (AvgIpc) is 2.26. The van der Waals surface area contributed by atoms with Crippen LogP contribution in [-0.2, 0) is 16.0 Å². The number of carboxylic acids is 1. The van der Waals surface area contributed by atoms with E-state index in [2.05, 4.69) is 12.6 Å². The molecule has 2 atom stereocenters. The van der Waals surface area contributed by atoms with Gasteiger partial charge in [-0.05, 0) is 18.9 Å². The molecule has 0 amide bonds. The molecule has 0 fully saturated rings. The molecule has 0 aliphatic rings. The average molecular weight is 238 g/mol. The Morgan fingerprint density at radius 3 is 2.31 bits per heavy atom. The van der Waals surface area contributed by atoms with Crippen molar-refractivity contribution in [2.75, 3.05) is 0 Å². The van der Waals surface area contributed by atoms with Crippen molar-refractivity contribution in [3.05, 3.63) is 35.9 Å². The Kier molecular flexibility index (Phi) is 4.55. The molecule has 1 aromatic carbocycles. The summed E-state index contributed by atoms with van der Waals surface area (Å²) >= 11 is 4.06. The lowest BCUT2D eigenvalue weighted by atomic mass is 9.94. The van der Waals surface area contributed by atoms with E-state index in [1.807, 2.05) is 30.3 Å². The molecular weight excluding hydrogens is 224 g/mol. The van der Waals surface area contributed by atoms with Crippen molar-refractivity contribution < 1.29 is 14.7 Å². The first-order chi connectivity index (χ1) is 7.52. The monoisotopic (exact) mass is 238 g/mol. The van der Waals surface area contributed by atoms with E-state index in [0.717, 1.165) is 5.56 Å². The Hall–Kier alpha value is -1.29. The fourth-order valence-corrected chi connectivity index (χ4v) is 1.72. The molecule has 0 radical (unpaired) electrons. The summed E-state index contributed by atoms with van der Waals surface area (Å²) in [6, 6.07) is 9.24. The third-order valence-corrected chi connectivity index (χ3v) is 3.14. The first-order valence-corrected chi connectivity index (χ1v) is 5.49. The van der Waals surface area contributed by atoms with Gasteiger partial charge in [-0.15, -0.1) is 0 Å². The van der Waals surface area contributed by atoms with Gasteiger partial charge in [0.15, 0.2) is 0 Å². The molecule has 0 heterocycles. The van der Waals surface area contributed by atoms with Crippen molar-refractivity contribution in [1.82, 2.24) is 0 Å². The highest BCUT2D eigenvalue weighted by Gasteiger charge is 2.28. The van der Waals surface area contributed by atoms with Crippen molar-refractivity contribution in [3.8, 4) is 0 Å². The van der Waals surface area contributed by atoms with Gasteiger partial charge in [0.1, 0.15) is 5.78 Å². The number of benzene rings is 1. The van der Waals surface area contributed by atoms with Gasteiger partial charge in [0.2, 0.25) is 0 Å². The maximum absolute atomic E-state index is 11.1. The van der Waals surface area contributed by atoms with E-state index in [-0.39, 0.29) is 5.78 Å². The molecule has 1 rings (SSSR count). The molecule has 86 valence electrons. The third-order valence-electron chi connectivity index (χ3n) is 2.41. The van der Waals surface area contributed by atoms with E-state index in [1.54, 1.807) is 0 Å². The van der Waals surface area contributed by atoms with Crippen LogP contribution in [0.3, 0.4) is 0 Å². The summed E-state index contributed by atoms with van der Waals surface area (Å²) < 4.78 is 0. The maximum atomic E-state index is 11.1. The molecule has 0 aliphatic carbocycles. The molecule has 0 saturated carbocycles. The van der Waals surface area contributed by atoms with Crippen LogP contribution in [0, 0.1) is 5.92 Å². The summed E-state index contributed by atoms with van der Waals surface area (Å²) in [5, 5.41) is 8.30. The summed E-state index contributed by atoms with van der Waals surface area (Å²) in [6.45, 7) is 1.36. The number of Topliss-reactive ketones (excluding diaryl/α,β-unsaturated/α-hetero) is 1. The number of carboxylic acid groups (broad SMARTS) is 1. The predicted molar refractivity (Wildman–Crippen MR) is 64.7 cm³/mol. The summed E-state index contributed by atoms with van der Waals surface area (Å²) in [5.74, 6) is -1.98. The molecule has 0 aromatic heterocycles. The molecule has 1 N–H and O–H groups in total. The fraction of sp³-hybridized carbons (Fsp3) is 0.333. The van der Waals surface area contributed by atoms with E-state index in [4.69, 9.17) is 5.11 Å². The number of hydrogen-bond acceptors (Lipinski definition) is 3. The van der Waals surface area contributed by atoms with Crippen LogP contribution in [0.1, 0.15) is 12.5 Å².